The summed E-state index contributed by atoms with van der Waals surface area (Å²) in [4.78, 5) is 4.25. The van der Waals surface area contributed by atoms with Crippen molar-refractivity contribution in [1.82, 2.24) is 10.4 Å². The number of nitrogens with zero attached hydrogens (tertiary/aromatic N) is 1. The van der Waals surface area contributed by atoms with Crippen molar-refractivity contribution in [3.05, 3.63) is 64.1 Å². The third kappa shape index (κ3) is 4.09. The molecular formula is C14H15BrFN3. The molecule has 0 fully saturated rings. The van der Waals surface area contributed by atoms with Crippen LogP contribution in [-0.2, 0) is 12.8 Å². The van der Waals surface area contributed by atoms with Gasteiger partial charge in [0.25, 0.3) is 0 Å². The Balaban J connectivity index is 2.06. The van der Waals surface area contributed by atoms with Gasteiger partial charge in [-0.2, -0.15) is 0 Å². The summed E-state index contributed by atoms with van der Waals surface area (Å²) < 4.78 is 14.5. The van der Waals surface area contributed by atoms with Crippen LogP contribution in [0.3, 0.4) is 0 Å². The van der Waals surface area contributed by atoms with E-state index >= 15 is 0 Å². The fraction of sp³-hybridized carbons (Fsp3) is 0.214. The first-order chi connectivity index (χ1) is 9.19. The highest BCUT2D eigenvalue weighted by atomic mass is 79.9. The van der Waals surface area contributed by atoms with Gasteiger partial charge in [-0.25, -0.2) is 4.39 Å². The van der Waals surface area contributed by atoms with Gasteiger partial charge in [-0.15, -0.1) is 0 Å². The first-order valence-corrected chi connectivity index (χ1v) is 6.78. The Bertz CT molecular complexity index is 533. The molecule has 0 aliphatic heterocycles. The van der Waals surface area contributed by atoms with Crippen molar-refractivity contribution >= 4 is 15.9 Å². The van der Waals surface area contributed by atoms with E-state index in [1.54, 1.807) is 12.3 Å². The maximum Gasteiger partial charge on any atom is 0.127 e. The van der Waals surface area contributed by atoms with Crippen LogP contribution in [0.25, 0.3) is 0 Å². The van der Waals surface area contributed by atoms with E-state index in [2.05, 4.69) is 26.3 Å². The first kappa shape index (κ1) is 14.1. The molecular weight excluding hydrogens is 309 g/mol. The van der Waals surface area contributed by atoms with Gasteiger partial charge >= 0.3 is 0 Å². The second-order valence-corrected chi connectivity index (χ2v) is 5.24. The molecule has 0 spiro atoms. The summed E-state index contributed by atoms with van der Waals surface area (Å²) in [5.74, 6) is 5.31. The Kier molecular flexibility index (Phi) is 5.01. The van der Waals surface area contributed by atoms with Crippen molar-refractivity contribution < 1.29 is 4.39 Å². The number of nitrogens with one attached hydrogen (secondary N) is 1. The molecule has 0 aliphatic rings. The summed E-state index contributed by atoms with van der Waals surface area (Å²) in [5.41, 5.74) is 4.30. The van der Waals surface area contributed by atoms with Crippen LogP contribution in [0, 0.1) is 5.82 Å². The fourth-order valence-electron chi connectivity index (χ4n) is 1.91. The summed E-state index contributed by atoms with van der Waals surface area (Å²) in [6.07, 6.45) is 2.92. The van der Waals surface area contributed by atoms with Gasteiger partial charge in [0.05, 0.1) is 0 Å². The molecule has 0 radical (unpaired) electrons. The standard InChI is InChI=1S/C14H15BrFN3/c15-11-5-4-10(14(16)8-11)7-13(19-17)9-12-3-1-2-6-18-12/h1-6,8,13,19H,7,9,17H2. The van der Waals surface area contributed by atoms with Crippen molar-refractivity contribution in [2.75, 3.05) is 0 Å². The molecule has 1 unspecified atom stereocenters. The zero-order valence-electron chi connectivity index (χ0n) is 10.3. The van der Waals surface area contributed by atoms with E-state index < -0.39 is 0 Å². The highest BCUT2D eigenvalue weighted by Gasteiger charge is 2.12. The van der Waals surface area contributed by atoms with Crippen molar-refractivity contribution in [2.24, 2.45) is 5.84 Å². The summed E-state index contributed by atoms with van der Waals surface area (Å²) in [5, 5.41) is 0. The normalized spacial score (nSPS) is 12.4. The lowest BCUT2D eigenvalue weighted by Gasteiger charge is -2.16. The predicted molar refractivity (Wildman–Crippen MR) is 76.9 cm³/mol. The molecule has 1 atom stereocenters. The van der Waals surface area contributed by atoms with Gasteiger partial charge < -0.3 is 0 Å². The van der Waals surface area contributed by atoms with E-state index in [9.17, 15) is 4.39 Å². The summed E-state index contributed by atoms with van der Waals surface area (Å²) in [7, 11) is 0. The number of rotatable bonds is 5. The third-order valence-electron chi connectivity index (χ3n) is 2.90. The molecule has 0 bridgehead atoms. The largest absolute Gasteiger partial charge is 0.271 e. The van der Waals surface area contributed by atoms with E-state index in [1.807, 2.05) is 24.3 Å². The van der Waals surface area contributed by atoms with E-state index in [0.717, 1.165) is 10.2 Å². The number of pyridine rings is 1. The average molecular weight is 324 g/mol. The Morgan fingerprint density at radius 3 is 2.74 bits per heavy atom. The second-order valence-electron chi connectivity index (χ2n) is 4.33. The van der Waals surface area contributed by atoms with Crippen LogP contribution >= 0.6 is 15.9 Å². The van der Waals surface area contributed by atoms with Gasteiger partial charge in [-0.05, 0) is 36.2 Å². The number of nitrogens with two attached hydrogens (primary N) is 1. The zero-order chi connectivity index (χ0) is 13.7. The van der Waals surface area contributed by atoms with Gasteiger partial charge in [-0.1, -0.05) is 28.1 Å². The number of hydrogen-bond donors (Lipinski definition) is 2. The maximum atomic E-state index is 13.8. The quantitative estimate of drug-likeness (QED) is 0.657. The number of hydrogen-bond acceptors (Lipinski definition) is 3. The van der Waals surface area contributed by atoms with E-state index in [0.29, 0.717) is 18.4 Å². The molecule has 1 aromatic carbocycles. The van der Waals surface area contributed by atoms with Gasteiger partial charge in [-0.3, -0.25) is 16.3 Å². The highest BCUT2D eigenvalue weighted by Crippen LogP contribution is 2.17. The van der Waals surface area contributed by atoms with Gasteiger partial charge in [0, 0.05) is 28.8 Å². The van der Waals surface area contributed by atoms with Crippen molar-refractivity contribution in [2.45, 2.75) is 18.9 Å². The molecule has 3 N–H and O–H groups in total. The van der Waals surface area contributed by atoms with Gasteiger partial charge in [0.1, 0.15) is 5.82 Å². The van der Waals surface area contributed by atoms with Crippen LogP contribution in [0.2, 0.25) is 0 Å². The Morgan fingerprint density at radius 2 is 2.11 bits per heavy atom. The number of benzene rings is 1. The first-order valence-electron chi connectivity index (χ1n) is 5.99. The second kappa shape index (κ2) is 6.75. The molecule has 2 aromatic rings. The average Bonchev–Trinajstić information content (AvgIpc) is 2.42. The molecule has 19 heavy (non-hydrogen) atoms. The topological polar surface area (TPSA) is 50.9 Å². The molecule has 2 rings (SSSR count). The SMILES string of the molecule is NNC(Cc1ccccn1)Cc1ccc(Br)cc1F. The molecule has 0 saturated carbocycles. The summed E-state index contributed by atoms with van der Waals surface area (Å²) in [6.45, 7) is 0. The van der Waals surface area contributed by atoms with Crippen LogP contribution in [0.5, 0.6) is 0 Å². The van der Waals surface area contributed by atoms with Crippen molar-refractivity contribution in [3.8, 4) is 0 Å². The summed E-state index contributed by atoms with van der Waals surface area (Å²) in [6, 6.07) is 10.7. The highest BCUT2D eigenvalue weighted by molar-refractivity contribution is 9.10. The van der Waals surface area contributed by atoms with Crippen molar-refractivity contribution in [3.63, 3.8) is 0 Å². The van der Waals surface area contributed by atoms with Crippen LogP contribution in [0.4, 0.5) is 4.39 Å². The van der Waals surface area contributed by atoms with Gasteiger partial charge in [0.15, 0.2) is 0 Å². The number of halogens is 2. The summed E-state index contributed by atoms with van der Waals surface area (Å²) >= 11 is 3.24. The Hall–Kier alpha value is -1.30. The maximum absolute atomic E-state index is 13.8. The molecule has 100 valence electrons. The zero-order valence-corrected chi connectivity index (χ0v) is 11.9. The molecule has 0 aliphatic carbocycles. The minimum atomic E-state index is -0.226. The Labute approximate surface area is 120 Å². The fourth-order valence-corrected chi connectivity index (χ4v) is 2.25. The van der Waals surface area contributed by atoms with Crippen LogP contribution in [-0.4, -0.2) is 11.0 Å². The van der Waals surface area contributed by atoms with E-state index in [4.69, 9.17) is 5.84 Å². The predicted octanol–water partition coefficient (Wildman–Crippen LogP) is 2.60. The van der Waals surface area contributed by atoms with Crippen LogP contribution < -0.4 is 11.3 Å². The molecule has 1 heterocycles. The molecule has 0 saturated heterocycles. The molecule has 0 amide bonds. The monoisotopic (exact) mass is 323 g/mol. The van der Waals surface area contributed by atoms with E-state index in [1.165, 1.54) is 6.07 Å². The minimum Gasteiger partial charge on any atom is -0.271 e. The van der Waals surface area contributed by atoms with E-state index in [-0.39, 0.29) is 11.9 Å². The molecule has 3 nitrogen and oxygen atoms in total. The lowest BCUT2D eigenvalue weighted by Crippen LogP contribution is -2.38. The van der Waals surface area contributed by atoms with Crippen LogP contribution in [0.1, 0.15) is 11.3 Å². The third-order valence-corrected chi connectivity index (χ3v) is 3.39. The lowest BCUT2D eigenvalue weighted by molar-refractivity contribution is 0.502. The number of aromatic nitrogens is 1. The molecule has 5 heteroatoms. The Morgan fingerprint density at radius 1 is 1.26 bits per heavy atom. The smallest absolute Gasteiger partial charge is 0.127 e. The van der Waals surface area contributed by atoms with Crippen LogP contribution in [0.15, 0.2) is 47.1 Å². The van der Waals surface area contributed by atoms with Gasteiger partial charge in [0.2, 0.25) is 0 Å². The van der Waals surface area contributed by atoms with Crippen molar-refractivity contribution in [1.29, 1.82) is 0 Å². The molecule has 1 aromatic heterocycles. The number of hydrazine groups is 1. The lowest BCUT2D eigenvalue weighted by atomic mass is 10.0. The minimum absolute atomic E-state index is 0.0504.